The lowest BCUT2D eigenvalue weighted by Gasteiger charge is -2.17. The third kappa shape index (κ3) is 6.10. The lowest BCUT2D eigenvalue weighted by molar-refractivity contribution is -0.126. The van der Waals surface area contributed by atoms with Gasteiger partial charge in [0.25, 0.3) is 5.91 Å². The number of nitrogens with one attached hydrogen (secondary N) is 1. The summed E-state index contributed by atoms with van der Waals surface area (Å²) in [5.74, 6) is 0.459. The van der Waals surface area contributed by atoms with Crippen LogP contribution in [0.1, 0.15) is 20.8 Å². The van der Waals surface area contributed by atoms with E-state index in [-0.39, 0.29) is 10.7 Å². The molecule has 2 rings (SSSR count). The summed E-state index contributed by atoms with van der Waals surface area (Å²) in [5, 5.41) is 10.7. The summed E-state index contributed by atoms with van der Waals surface area (Å²) < 4.78 is 21.4. The van der Waals surface area contributed by atoms with Crippen molar-refractivity contribution in [2.45, 2.75) is 26.8 Å². The van der Waals surface area contributed by atoms with E-state index in [2.05, 4.69) is 15.5 Å². The Labute approximate surface area is 191 Å². The van der Waals surface area contributed by atoms with Crippen molar-refractivity contribution in [3.8, 4) is 23.0 Å². The van der Waals surface area contributed by atoms with Gasteiger partial charge in [-0.2, -0.15) is 10.2 Å². The van der Waals surface area contributed by atoms with Crippen LogP contribution in [-0.4, -0.2) is 45.2 Å². The third-order valence-electron chi connectivity index (χ3n) is 4.21. The second-order valence-corrected chi connectivity index (χ2v) is 6.75. The first-order valence-corrected chi connectivity index (χ1v) is 10.3. The molecular weight excluding hydrogens is 438 g/mol. The smallest absolute Gasteiger partial charge is 0.258 e. The molecule has 0 aliphatic carbocycles. The fourth-order valence-electron chi connectivity index (χ4n) is 2.72. The maximum atomic E-state index is 12.9. The average Bonchev–Trinajstić information content (AvgIpc) is 2.78. The number of benzene rings is 2. The normalized spacial score (nSPS) is 11.7. The van der Waals surface area contributed by atoms with E-state index < -0.39 is 17.7 Å². The van der Waals surface area contributed by atoms with E-state index in [0.717, 1.165) is 0 Å². The molecule has 2 aromatic rings. The summed E-state index contributed by atoms with van der Waals surface area (Å²) in [6, 6.07) is 6.71. The second kappa shape index (κ2) is 11.9. The van der Waals surface area contributed by atoms with Gasteiger partial charge in [-0.25, -0.2) is 0 Å². The van der Waals surface area contributed by atoms with Crippen LogP contribution in [0.4, 0.5) is 11.4 Å². The number of carbonyl (C=O) groups is 2. The number of ketones is 1. The molecule has 0 radical (unpaired) electrons. The number of carbonyl (C=O) groups excluding carboxylic acids is 2. The predicted octanol–water partition coefficient (Wildman–Crippen LogP) is 4.83. The van der Waals surface area contributed by atoms with Crippen LogP contribution in [0.15, 0.2) is 40.6 Å². The highest BCUT2D eigenvalue weighted by atomic mass is 35.5. The van der Waals surface area contributed by atoms with Gasteiger partial charge >= 0.3 is 0 Å². The van der Waals surface area contributed by atoms with E-state index in [1.807, 2.05) is 6.92 Å². The van der Waals surface area contributed by atoms with Crippen molar-refractivity contribution < 1.29 is 28.5 Å². The number of ether oxygens (including phenoxy) is 4. The Kier molecular flexibility index (Phi) is 9.27. The van der Waals surface area contributed by atoms with Gasteiger partial charge in [0.15, 0.2) is 17.3 Å². The second-order valence-electron chi connectivity index (χ2n) is 6.37. The quantitative estimate of drug-likeness (QED) is 0.377. The van der Waals surface area contributed by atoms with Gasteiger partial charge in [-0.1, -0.05) is 11.6 Å². The van der Waals surface area contributed by atoms with E-state index in [1.54, 1.807) is 37.3 Å². The largest absolute Gasteiger partial charge is 0.493 e. The van der Waals surface area contributed by atoms with Gasteiger partial charge in [-0.15, -0.1) is 0 Å². The molecular formula is C22H26ClN3O6. The number of halogens is 1. The van der Waals surface area contributed by atoms with E-state index in [9.17, 15) is 9.59 Å². The number of amides is 1. The number of azo groups is 1. The van der Waals surface area contributed by atoms with Crippen LogP contribution in [0.25, 0.3) is 0 Å². The highest BCUT2D eigenvalue weighted by Crippen LogP contribution is 2.40. The predicted molar refractivity (Wildman–Crippen MR) is 121 cm³/mol. The molecule has 0 saturated carbocycles. The molecule has 1 unspecified atom stereocenters. The van der Waals surface area contributed by atoms with Crippen LogP contribution < -0.4 is 24.3 Å². The molecule has 0 aliphatic heterocycles. The van der Waals surface area contributed by atoms with Gasteiger partial charge in [-0.05, 0) is 45.0 Å². The summed E-state index contributed by atoms with van der Waals surface area (Å²) in [5.41, 5.74) is 0.574. The maximum Gasteiger partial charge on any atom is 0.258 e. The molecule has 1 N–H and O–H groups in total. The van der Waals surface area contributed by atoms with Crippen molar-refractivity contribution in [3.63, 3.8) is 0 Å². The van der Waals surface area contributed by atoms with Crippen molar-refractivity contribution in [1.82, 2.24) is 0 Å². The minimum absolute atomic E-state index is 0.158. The third-order valence-corrected chi connectivity index (χ3v) is 4.58. The van der Waals surface area contributed by atoms with Crippen molar-refractivity contribution >= 4 is 34.7 Å². The topological polar surface area (TPSA) is 108 Å². The highest BCUT2D eigenvalue weighted by Gasteiger charge is 2.26. The Balaban J connectivity index is 2.32. The molecule has 1 atom stereocenters. The Hall–Kier alpha value is -3.33. The fraction of sp³-hybridized carbons (Fsp3) is 0.364. The molecule has 9 nitrogen and oxygen atoms in total. The summed E-state index contributed by atoms with van der Waals surface area (Å²) in [6.07, 6.45) is 0. The van der Waals surface area contributed by atoms with Gasteiger partial charge < -0.3 is 24.3 Å². The highest BCUT2D eigenvalue weighted by molar-refractivity contribution is 6.35. The Morgan fingerprint density at radius 2 is 1.56 bits per heavy atom. The molecule has 10 heteroatoms. The lowest BCUT2D eigenvalue weighted by Crippen LogP contribution is -2.32. The molecule has 2 aromatic carbocycles. The number of Topliss-reactive ketones (excluding diaryl/α,β-unsaturated/α-hetero) is 1. The first kappa shape index (κ1) is 24.9. The first-order chi connectivity index (χ1) is 15.4. The molecule has 172 valence electrons. The number of anilines is 1. The Morgan fingerprint density at radius 3 is 2.16 bits per heavy atom. The number of methoxy groups -OCH3 is 2. The first-order valence-electron chi connectivity index (χ1n) is 9.88. The standard InChI is InChI=1S/C22H26ClN3O6/c1-6-31-16-10-11-17(32-7-2)21(19(16)23)24-22(28)20(13(3)27)26-25-14-8-9-15(29-4)18(12-14)30-5/h8-12,20H,6-7H2,1-5H3,(H,24,28). The SMILES string of the molecule is CCOc1ccc(OCC)c(NC(=O)C(N=Nc2ccc(OC)c(OC)c2)C(C)=O)c1Cl. The van der Waals surface area contributed by atoms with E-state index in [4.69, 9.17) is 30.5 Å². The molecule has 0 aliphatic rings. The summed E-state index contributed by atoms with van der Waals surface area (Å²) in [6.45, 7) is 5.59. The van der Waals surface area contributed by atoms with Crippen LogP contribution in [0.2, 0.25) is 5.02 Å². The summed E-state index contributed by atoms with van der Waals surface area (Å²) in [4.78, 5) is 25.0. The van der Waals surface area contributed by atoms with Crippen molar-refractivity contribution in [2.24, 2.45) is 10.2 Å². The molecule has 32 heavy (non-hydrogen) atoms. The van der Waals surface area contributed by atoms with Crippen molar-refractivity contribution in [1.29, 1.82) is 0 Å². The van der Waals surface area contributed by atoms with Gasteiger partial charge in [-0.3, -0.25) is 9.59 Å². The molecule has 0 heterocycles. The summed E-state index contributed by atoms with van der Waals surface area (Å²) in [7, 11) is 3.00. The van der Waals surface area contributed by atoms with E-state index >= 15 is 0 Å². The van der Waals surface area contributed by atoms with Gasteiger partial charge in [0, 0.05) is 6.07 Å². The van der Waals surface area contributed by atoms with Crippen LogP contribution in [0, 0.1) is 0 Å². The maximum absolute atomic E-state index is 12.9. The zero-order valence-electron chi connectivity index (χ0n) is 18.6. The summed E-state index contributed by atoms with van der Waals surface area (Å²) >= 11 is 6.41. The zero-order chi connectivity index (χ0) is 23.7. The van der Waals surface area contributed by atoms with E-state index in [1.165, 1.54) is 21.1 Å². The number of hydrogen-bond donors (Lipinski definition) is 1. The van der Waals surface area contributed by atoms with Crippen LogP contribution in [0.5, 0.6) is 23.0 Å². The van der Waals surface area contributed by atoms with Crippen molar-refractivity contribution in [3.05, 3.63) is 35.4 Å². The average molecular weight is 464 g/mol. The lowest BCUT2D eigenvalue weighted by atomic mass is 10.2. The molecule has 0 bridgehead atoms. The van der Waals surface area contributed by atoms with Crippen LogP contribution in [-0.2, 0) is 9.59 Å². The van der Waals surface area contributed by atoms with E-state index in [0.29, 0.717) is 41.9 Å². The molecule has 0 aromatic heterocycles. The molecule has 1 amide bonds. The van der Waals surface area contributed by atoms with Crippen LogP contribution in [0.3, 0.4) is 0 Å². The molecule has 0 saturated heterocycles. The Bertz CT molecular complexity index is 996. The minimum Gasteiger partial charge on any atom is -0.493 e. The van der Waals surface area contributed by atoms with Crippen molar-refractivity contribution in [2.75, 3.05) is 32.8 Å². The van der Waals surface area contributed by atoms with Crippen LogP contribution >= 0.6 is 11.6 Å². The van der Waals surface area contributed by atoms with Gasteiger partial charge in [0.05, 0.1) is 33.1 Å². The zero-order valence-corrected chi connectivity index (χ0v) is 19.4. The number of nitrogens with zero attached hydrogens (tertiary/aromatic N) is 2. The number of rotatable bonds is 11. The number of hydrogen-bond acceptors (Lipinski definition) is 8. The molecule has 0 spiro atoms. The van der Waals surface area contributed by atoms with Gasteiger partial charge in [0.2, 0.25) is 6.04 Å². The Morgan fingerprint density at radius 1 is 0.969 bits per heavy atom. The molecule has 0 fully saturated rings. The monoisotopic (exact) mass is 463 g/mol. The fourth-order valence-corrected chi connectivity index (χ4v) is 2.98. The van der Waals surface area contributed by atoms with Gasteiger partial charge in [0.1, 0.15) is 22.2 Å². The minimum atomic E-state index is -1.40.